The van der Waals surface area contributed by atoms with Gasteiger partial charge in [-0.2, -0.15) is 0 Å². The highest BCUT2D eigenvalue weighted by Gasteiger charge is 2.23. The number of quaternary nitrogens is 1. The van der Waals surface area contributed by atoms with Gasteiger partial charge >= 0.3 is 0 Å². The summed E-state index contributed by atoms with van der Waals surface area (Å²) in [5.74, 6) is 0. The summed E-state index contributed by atoms with van der Waals surface area (Å²) >= 11 is 17.4. The van der Waals surface area contributed by atoms with Crippen LogP contribution < -0.4 is 15.5 Å². The molecule has 4 nitrogen and oxygen atoms in total. The van der Waals surface area contributed by atoms with Gasteiger partial charge in [-0.15, -0.1) is 0 Å². The van der Waals surface area contributed by atoms with Crippen LogP contribution in [0.2, 0.25) is 10.0 Å². The van der Waals surface area contributed by atoms with Crippen molar-refractivity contribution in [3.63, 3.8) is 0 Å². The zero-order chi connectivity index (χ0) is 18.4. The first-order valence-corrected chi connectivity index (χ1v) is 9.75. The number of halogens is 2. The van der Waals surface area contributed by atoms with Gasteiger partial charge in [-0.25, -0.2) is 0 Å². The number of hydrogen-bond donors (Lipinski definition) is 3. The first kappa shape index (κ1) is 19.4. The second-order valence-corrected chi connectivity index (χ2v) is 7.63. The summed E-state index contributed by atoms with van der Waals surface area (Å²) in [4.78, 5) is 1.52. The van der Waals surface area contributed by atoms with Crippen LogP contribution in [0.4, 0.5) is 5.69 Å². The Labute approximate surface area is 169 Å². The number of benzene rings is 2. The molecule has 1 unspecified atom stereocenters. The van der Waals surface area contributed by atoms with E-state index in [1.807, 2.05) is 6.07 Å². The Morgan fingerprint density at radius 3 is 2.62 bits per heavy atom. The summed E-state index contributed by atoms with van der Waals surface area (Å²) in [6.45, 7) is 4.42. The van der Waals surface area contributed by atoms with E-state index in [-0.39, 0.29) is 6.10 Å². The van der Waals surface area contributed by atoms with Gasteiger partial charge in [0.25, 0.3) is 0 Å². The Morgan fingerprint density at radius 2 is 1.88 bits per heavy atom. The van der Waals surface area contributed by atoms with Crippen molar-refractivity contribution in [3.05, 3.63) is 64.1 Å². The third kappa shape index (κ3) is 6.11. The zero-order valence-corrected chi connectivity index (χ0v) is 16.6. The molecule has 0 radical (unpaired) electrons. The molecule has 0 aliphatic carbocycles. The molecule has 0 saturated carbocycles. The molecular formula is C19H22Cl2N3OS+. The van der Waals surface area contributed by atoms with Gasteiger partial charge in [0.05, 0.1) is 6.61 Å². The van der Waals surface area contributed by atoms with Gasteiger partial charge < -0.3 is 20.3 Å². The number of morpholine rings is 1. The molecular weight excluding hydrogens is 389 g/mol. The fourth-order valence-corrected chi connectivity index (χ4v) is 3.76. The Bertz CT molecular complexity index is 725. The van der Waals surface area contributed by atoms with Gasteiger partial charge in [-0.3, -0.25) is 0 Å². The number of nitrogens with one attached hydrogen (secondary N) is 3. The summed E-state index contributed by atoms with van der Waals surface area (Å²) in [5.41, 5.74) is 2.12. The molecule has 0 bridgehead atoms. The molecule has 3 rings (SSSR count). The third-order valence-electron chi connectivity index (χ3n) is 4.23. The van der Waals surface area contributed by atoms with Crippen molar-refractivity contribution in [1.29, 1.82) is 0 Å². The maximum Gasteiger partial charge on any atom is 0.170 e. The molecule has 2 atom stereocenters. The van der Waals surface area contributed by atoms with Gasteiger partial charge in [0.1, 0.15) is 25.7 Å². The van der Waals surface area contributed by atoms with Crippen molar-refractivity contribution in [2.24, 2.45) is 0 Å². The third-order valence-corrected chi connectivity index (χ3v) is 4.92. The van der Waals surface area contributed by atoms with Crippen molar-refractivity contribution >= 4 is 46.2 Å². The van der Waals surface area contributed by atoms with Crippen LogP contribution in [0.15, 0.2) is 48.5 Å². The lowest BCUT2D eigenvalue weighted by Crippen LogP contribution is -3.13. The van der Waals surface area contributed by atoms with E-state index in [1.165, 1.54) is 10.5 Å². The van der Waals surface area contributed by atoms with Crippen molar-refractivity contribution in [3.8, 4) is 0 Å². The lowest BCUT2D eigenvalue weighted by molar-refractivity contribution is -0.925. The standard InChI is InChI=1S/C19H21Cl2N3OS/c20-15-8-16(21)10-17(9-15)23-19(26)22-11-18-13-24(6-7-25-18)12-14-4-2-1-3-5-14/h1-5,8-10,18H,6-7,11-13H2,(H2,22,23,26)/p+1/t18-/m1/s1. The van der Waals surface area contributed by atoms with Gasteiger partial charge in [0.15, 0.2) is 5.11 Å². The second kappa shape index (κ2) is 9.53. The van der Waals surface area contributed by atoms with Crippen LogP contribution >= 0.6 is 35.4 Å². The van der Waals surface area contributed by atoms with Crippen LogP contribution in [0.5, 0.6) is 0 Å². The molecule has 1 aliphatic heterocycles. The van der Waals surface area contributed by atoms with Crippen LogP contribution in [0.3, 0.4) is 0 Å². The maximum absolute atomic E-state index is 6.00. The van der Waals surface area contributed by atoms with Crippen molar-refractivity contribution in [2.45, 2.75) is 12.6 Å². The second-order valence-electron chi connectivity index (χ2n) is 6.35. The minimum Gasteiger partial charge on any atom is -0.365 e. The summed E-state index contributed by atoms with van der Waals surface area (Å²) in [5, 5.41) is 7.99. The average molecular weight is 411 g/mol. The van der Waals surface area contributed by atoms with Crippen LogP contribution in [-0.2, 0) is 11.3 Å². The Kier molecular flexibility index (Phi) is 7.11. The zero-order valence-electron chi connectivity index (χ0n) is 14.3. The first-order chi connectivity index (χ1) is 12.6. The molecule has 1 fully saturated rings. The molecule has 7 heteroatoms. The highest BCUT2D eigenvalue weighted by atomic mass is 35.5. The predicted octanol–water partition coefficient (Wildman–Crippen LogP) is 2.76. The van der Waals surface area contributed by atoms with Gasteiger partial charge in [-0.1, -0.05) is 53.5 Å². The number of anilines is 1. The summed E-state index contributed by atoms with van der Waals surface area (Å²) < 4.78 is 5.87. The average Bonchev–Trinajstić information content (AvgIpc) is 2.60. The molecule has 0 aromatic heterocycles. The van der Waals surface area contributed by atoms with E-state index in [9.17, 15) is 0 Å². The van der Waals surface area contributed by atoms with Crippen molar-refractivity contribution < 1.29 is 9.64 Å². The molecule has 26 heavy (non-hydrogen) atoms. The van der Waals surface area contributed by atoms with Crippen LogP contribution in [0.25, 0.3) is 0 Å². The van der Waals surface area contributed by atoms with E-state index in [0.717, 1.165) is 31.9 Å². The number of ether oxygens (including phenoxy) is 1. The van der Waals surface area contributed by atoms with E-state index in [4.69, 9.17) is 40.2 Å². The van der Waals surface area contributed by atoms with E-state index in [1.54, 1.807) is 18.2 Å². The minimum absolute atomic E-state index is 0.130. The molecule has 1 saturated heterocycles. The number of thiocarbonyl (C=S) groups is 1. The molecule has 138 valence electrons. The molecule has 2 aromatic carbocycles. The van der Waals surface area contributed by atoms with E-state index >= 15 is 0 Å². The summed E-state index contributed by atoms with van der Waals surface area (Å²) in [6.07, 6.45) is 0.130. The lowest BCUT2D eigenvalue weighted by Gasteiger charge is -2.30. The van der Waals surface area contributed by atoms with E-state index < -0.39 is 0 Å². The smallest absolute Gasteiger partial charge is 0.170 e. The molecule has 1 aliphatic rings. The molecule has 0 amide bonds. The number of rotatable bonds is 5. The molecule has 2 aromatic rings. The van der Waals surface area contributed by atoms with E-state index in [2.05, 4.69) is 34.9 Å². The first-order valence-electron chi connectivity index (χ1n) is 8.58. The van der Waals surface area contributed by atoms with Gasteiger partial charge in [0, 0.05) is 27.8 Å². The normalized spacial score (nSPS) is 19.8. The van der Waals surface area contributed by atoms with Crippen LogP contribution in [0.1, 0.15) is 5.56 Å². The molecule has 1 heterocycles. The predicted molar refractivity (Wildman–Crippen MR) is 111 cm³/mol. The van der Waals surface area contributed by atoms with Gasteiger partial charge in [0.2, 0.25) is 0 Å². The van der Waals surface area contributed by atoms with Crippen LogP contribution in [0, 0.1) is 0 Å². The van der Waals surface area contributed by atoms with Gasteiger partial charge in [-0.05, 0) is 30.4 Å². The highest BCUT2D eigenvalue weighted by molar-refractivity contribution is 7.80. The maximum atomic E-state index is 6.00. The van der Waals surface area contributed by atoms with Crippen molar-refractivity contribution in [2.75, 3.05) is 31.6 Å². The fourth-order valence-electron chi connectivity index (χ4n) is 3.04. The monoisotopic (exact) mass is 410 g/mol. The minimum atomic E-state index is 0.130. The highest BCUT2D eigenvalue weighted by Crippen LogP contribution is 2.22. The quantitative estimate of drug-likeness (QED) is 0.662. The molecule has 3 N–H and O–H groups in total. The number of hydrogen-bond acceptors (Lipinski definition) is 2. The lowest BCUT2D eigenvalue weighted by atomic mass is 10.2. The van der Waals surface area contributed by atoms with E-state index in [0.29, 0.717) is 21.7 Å². The fraction of sp³-hybridized carbons (Fsp3) is 0.316. The largest absolute Gasteiger partial charge is 0.365 e. The SMILES string of the molecule is S=C(NC[C@@H]1C[NH+](Cc2ccccc2)CCO1)Nc1cc(Cl)cc(Cl)c1. The Morgan fingerprint density at radius 1 is 1.15 bits per heavy atom. The topological polar surface area (TPSA) is 37.7 Å². The Balaban J connectivity index is 1.45. The van der Waals surface area contributed by atoms with Crippen LogP contribution in [-0.4, -0.2) is 37.5 Å². The van der Waals surface area contributed by atoms with Crippen molar-refractivity contribution in [1.82, 2.24) is 5.32 Å². The summed E-state index contributed by atoms with van der Waals surface area (Å²) in [6, 6.07) is 15.8. The summed E-state index contributed by atoms with van der Waals surface area (Å²) in [7, 11) is 0. The molecule has 0 spiro atoms. The Hall–Kier alpha value is -1.37.